The molecular formula is C10H17N5. The van der Waals surface area contributed by atoms with Crippen LogP contribution in [0.3, 0.4) is 0 Å². The van der Waals surface area contributed by atoms with Gasteiger partial charge in [0.1, 0.15) is 5.84 Å². The van der Waals surface area contributed by atoms with Crippen molar-refractivity contribution in [2.75, 3.05) is 11.9 Å². The Morgan fingerprint density at radius 1 is 1.67 bits per heavy atom. The number of amidine groups is 1. The minimum atomic E-state index is 0.0232. The molecule has 0 aliphatic heterocycles. The van der Waals surface area contributed by atoms with Crippen molar-refractivity contribution in [3.05, 3.63) is 17.8 Å². The van der Waals surface area contributed by atoms with Crippen LogP contribution < -0.4 is 10.6 Å². The molecule has 0 saturated carbocycles. The monoisotopic (exact) mass is 207 g/mol. The molecule has 0 amide bonds. The summed E-state index contributed by atoms with van der Waals surface area (Å²) in [5, 5.41) is 15.3. The first-order valence-electron chi connectivity index (χ1n) is 4.96. The molecule has 0 aromatic carbocycles. The van der Waals surface area contributed by atoms with Crippen LogP contribution in [0.15, 0.2) is 12.3 Å². The fourth-order valence-corrected chi connectivity index (χ4v) is 1.28. The first-order valence-corrected chi connectivity index (χ1v) is 4.96. The first kappa shape index (κ1) is 11.4. The molecular weight excluding hydrogens is 190 g/mol. The van der Waals surface area contributed by atoms with Gasteiger partial charge in [0.25, 0.3) is 0 Å². The van der Waals surface area contributed by atoms with Crippen LogP contribution in [-0.4, -0.2) is 29.1 Å². The fourth-order valence-electron chi connectivity index (χ4n) is 1.28. The van der Waals surface area contributed by atoms with Crippen LogP contribution in [0.5, 0.6) is 0 Å². The van der Waals surface area contributed by atoms with Crippen LogP contribution >= 0.6 is 0 Å². The second-order valence-corrected chi connectivity index (χ2v) is 3.55. The maximum absolute atomic E-state index is 7.45. The number of nitrogens with two attached hydrogens (primary N) is 1. The Balaban J connectivity index is 3.07. The molecule has 1 unspecified atom stereocenters. The van der Waals surface area contributed by atoms with Crippen molar-refractivity contribution in [3.63, 3.8) is 0 Å². The van der Waals surface area contributed by atoms with Crippen LogP contribution in [0, 0.1) is 5.41 Å². The van der Waals surface area contributed by atoms with Crippen molar-refractivity contribution >= 4 is 11.7 Å². The van der Waals surface area contributed by atoms with E-state index in [-0.39, 0.29) is 5.84 Å². The SMILES string of the molecule is CCC(C)N(C)c1nnccc1C(=N)N. The summed E-state index contributed by atoms with van der Waals surface area (Å²) in [4.78, 5) is 1.99. The van der Waals surface area contributed by atoms with E-state index in [1.165, 1.54) is 0 Å². The van der Waals surface area contributed by atoms with Gasteiger partial charge in [0.15, 0.2) is 5.82 Å². The summed E-state index contributed by atoms with van der Waals surface area (Å²) in [6.45, 7) is 4.20. The third-order valence-corrected chi connectivity index (χ3v) is 2.58. The lowest BCUT2D eigenvalue weighted by atomic mass is 10.2. The van der Waals surface area contributed by atoms with E-state index in [4.69, 9.17) is 11.1 Å². The number of rotatable bonds is 4. The molecule has 15 heavy (non-hydrogen) atoms. The molecule has 3 N–H and O–H groups in total. The van der Waals surface area contributed by atoms with Crippen molar-refractivity contribution in [1.29, 1.82) is 5.41 Å². The molecule has 0 aliphatic rings. The zero-order chi connectivity index (χ0) is 11.4. The van der Waals surface area contributed by atoms with E-state index in [2.05, 4.69) is 24.0 Å². The minimum absolute atomic E-state index is 0.0232. The molecule has 0 saturated heterocycles. The second-order valence-electron chi connectivity index (χ2n) is 3.55. The van der Waals surface area contributed by atoms with Crippen LogP contribution in [0.4, 0.5) is 5.82 Å². The van der Waals surface area contributed by atoms with Crippen molar-refractivity contribution in [2.45, 2.75) is 26.3 Å². The fraction of sp³-hybridized carbons (Fsp3) is 0.500. The topological polar surface area (TPSA) is 78.9 Å². The van der Waals surface area contributed by atoms with Crippen molar-refractivity contribution in [3.8, 4) is 0 Å². The van der Waals surface area contributed by atoms with Gasteiger partial charge in [0.2, 0.25) is 0 Å². The van der Waals surface area contributed by atoms with Gasteiger partial charge in [0, 0.05) is 13.1 Å². The highest BCUT2D eigenvalue weighted by Crippen LogP contribution is 2.17. The van der Waals surface area contributed by atoms with Gasteiger partial charge in [-0.25, -0.2) is 0 Å². The van der Waals surface area contributed by atoms with Crippen molar-refractivity contribution in [2.24, 2.45) is 5.73 Å². The summed E-state index contributed by atoms with van der Waals surface area (Å²) in [6.07, 6.45) is 2.55. The number of anilines is 1. The largest absolute Gasteiger partial charge is 0.384 e. The van der Waals surface area contributed by atoms with Gasteiger partial charge in [-0.1, -0.05) is 6.92 Å². The van der Waals surface area contributed by atoms with Crippen LogP contribution in [-0.2, 0) is 0 Å². The van der Waals surface area contributed by atoms with Crippen LogP contribution in [0.2, 0.25) is 0 Å². The zero-order valence-electron chi connectivity index (χ0n) is 9.36. The summed E-state index contributed by atoms with van der Waals surface area (Å²) in [5.74, 6) is 0.689. The predicted octanol–water partition coefficient (Wildman–Crippen LogP) is 0.995. The lowest BCUT2D eigenvalue weighted by molar-refractivity contribution is 0.652. The molecule has 1 aromatic rings. The standard InChI is InChI=1S/C10H17N5/c1-4-7(2)15(3)10-8(9(11)12)5-6-13-14-10/h5-7H,4H2,1-3H3,(H3,11,12). The number of nitrogens with one attached hydrogen (secondary N) is 1. The third-order valence-electron chi connectivity index (χ3n) is 2.58. The maximum atomic E-state index is 7.45. The summed E-state index contributed by atoms with van der Waals surface area (Å²) < 4.78 is 0. The number of nitrogens with zero attached hydrogens (tertiary/aromatic N) is 3. The maximum Gasteiger partial charge on any atom is 0.162 e. The number of hydrogen-bond acceptors (Lipinski definition) is 4. The van der Waals surface area contributed by atoms with E-state index in [1.54, 1.807) is 12.3 Å². The summed E-state index contributed by atoms with van der Waals surface area (Å²) in [6, 6.07) is 2.06. The molecule has 0 radical (unpaired) electrons. The first-order chi connectivity index (χ1) is 7.07. The Kier molecular flexibility index (Phi) is 3.60. The Hall–Kier alpha value is -1.65. The van der Waals surface area contributed by atoms with Crippen molar-refractivity contribution in [1.82, 2.24) is 10.2 Å². The van der Waals surface area contributed by atoms with Crippen molar-refractivity contribution < 1.29 is 0 Å². The van der Waals surface area contributed by atoms with E-state index in [9.17, 15) is 0 Å². The minimum Gasteiger partial charge on any atom is -0.384 e. The summed E-state index contributed by atoms with van der Waals surface area (Å²) in [5.41, 5.74) is 6.12. The van der Waals surface area contributed by atoms with E-state index < -0.39 is 0 Å². The molecule has 1 aromatic heterocycles. The van der Waals surface area contributed by atoms with E-state index >= 15 is 0 Å². The van der Waals surface area contributed by atoms with Gasteiger partial charge in [-0.15, -0.1) is 5.10 Å². The molecule has 0 bridgehead atoms. The molecule has 82 valence electrons. The van der Waals surface area contributed by atoms with Crippen LogP contribution in [0.25, 0.3) is 0 Å². The molecule has 0 spiro atoms. The molecule has 0 fully saturated rings. The lowest BCUT2D eigenvalue weighted by Crippen LogP contribution is -2.31. The quantitative estimate of drug-likeness (QED) is 0.570. The molecule has 5 heteroatoms. The van der Waals surface area contributed by atoms with Gasteiger partial charge in [0.05, 0.1) is 11.8 Å². The zero-order valence-corrected chi connectivity index (χ0v) is 9.36. The second kappa shape index (κ2) is 4.72. The molecule has 0 aliphatic carbocycles. The lowest BCUT2D eigenvalue weighted by Gasteiger charge is -2.25. The Bertz CT molecular complexity index is 349. The molecule has 1 atom stereocenters. The number of hydrogen-bond donors (Lipinski definition) is 2. The highest BCUT2D eigenvalue weighted by molar-refractivity contribution is 5.99. The normalized spacial score (nSPS) is 12.2. The van der Waals surface area contributed by atoms with E-state index in [0.29, 0.717) is 17.4 Å². The van der Waals surface area contributed by atoms with E-state index in [0.717, 1.165) is 6.42 Å². The molecule has 1 rings (SSSR count). The third kappa shape index (κ3) is 2.43. The number of nitrogen functional groups attached to an aromatic ring is 1. The highest BCUT2D eigenvalue weighted by atomic mass is 15.3. The molecule has 1 heterocycles. The van der Waals surface area contributed by atoms with Gasteiger partial charge in [-0.3, -0.25) is 5.41 Å². The van der Waals surface area contributed by atoms with Gasteiger partial charge in [-0.2, -0.15) is 5.10 Å². The summed E-state index contributed by atoms with van der Waals surface area (Å²) >= 11 is 0. The Morgan fingerprint density at radius 2 is 2.33 bits per heavy atom. The summed E-state index contributed by atoms with van der Waals surface area (Å²) in [7, 11) is 1.94. The average molecular weight is 207 g/mol. The highest BCUT2D eigenvalue weighted by Gasteiger charge is 2.15. The Labute approximate surface area is 89.8 Å². The van der Waals surface area contributed by atoms with Gasteiger partial charge >= 0.3 is 0 Å². The average Bonchev–Trinajstić information content (AvgIpc) is 2.27. The van der Waals surface area contributed by atoms with Gasteiger partial charge < -0.3 is 10.6 Å². The van der Waals surface area contributed by atoms with Crippen LogP contribution in [0.1, 0.15) is 25.8 Å². The number of aromatic nitrogens is 2. The predicted molar refractivity (Wildman–Crippen MR) is 61.2 cm³/mol. The smallest absolute Gasteiger partial charge is 0.162 e. The van der Waals surface area contributed by atoms with E-state index in [1.807, 2.05) is 11.9 Å². The molecule has 5 nitrogen and oxygen atoms in total. The Morgan fingerprint density at radius 3 is 2.87 bits per heavy atom. The van der Waals surface area contributed by atoms with Gasteiger partial charge in [-0.05, 0) is 19.4 Å².